The standard InChI is InChI=1S/C72H56N4/c1-45(2)47-37-41-53(42-38-47)73(51-25-13-7-14-26-51)59-33-19-35-61-65(59)55-29-17-31-57-67-64(50-23-11-6-12-24-50)72-68(63(49-21-9-5-10-22-49)71(67)75(61)69(55)57)58-32-18-30-56-66-60(34-20-36-62(66)76(72)70(56)58)74(52-27-15-8-16-28-52)54-43-39-48(40-44-54)46(3)4/h5-35,37-46,62H,36H2,1-4H3. The van der Waals surface area contributed by atoms with Gasteiger partial charge in [-0.15, -0.1) is 0 Å². The predicted octanol–water partition coefficient (Wildman–Crippen LogP) is 20.1. The summed E-state index contributed by atoms with van der Waals surface area (Å²) < 4.78 is 5.41. The van der Waals surface area contributed by atoms with Gasteiger partial charge >= 0.3 is 0 Å². The highest BCUT2D eigenvalue weighted by Crippen LogP contribution is 2.59. The van der Waals surface area contributed by atoms with Crippen LogP contribution in [0, 0.1) is 0 Å². The lowest BCUT2D eigenvalue weighted by atomic mass is 9.87. The molecule has 4 nitrogen and oxygen atoms in total. The number of rotatable bonds is 10. The van der Waals surface area contributed by atoms with E-state index in [9.17, 15) is 0 Å². The van der Waals surface area contributed by atoms with Crippen LogP contribution in [0.4, 0.5) is 28.4 Å². The molecule has 15 rings (SSSR count). The molecule has 13 aromatic rings. The summed E-state index contributed by atoms with van der Waals surface area (Å²) >= 11 is 0. The minimum absolute atomic E-state index is 0.0563. The van der Waals surface area contributed by atoms with Gasteiger partial charge in [0, 0.05) is 77.3 Å². The average molecular weight is 977 g/mol. The number of fused-ring (bicyclic) bond motifs is 12. The van der Waals surface area contributed by atoms with Crippen LogP contribution in [-0.2, 0) is 0 Å². The summed E-state index contributed by atoms with van der Waals surface area (Å²) in [5, 5.41) is 7.62. The second-order valence-electron chi connectivity index (χ2n) is 21.5. The second-order valence-corrected chi connectivity index (χ2v) is 21.5. The van der Waals surface area contributed by atoms with Crippen molar-refractivity contribution in [2.75, 3.05) is 9.80 Å². The first-order chi connectivity index (χ1) is 37.4. The van der Waals surface area contributed by atoms with E-state index in [4.69, 9.17) is 0 Å². The maximum absolute atomic E-state index is 2.77. The molecular formula is C72H56N4. The number of allylic oxidation sites excluding steroid dienone is 3. The Labute approximate surface area is 443 Å². The number of hydrogen-bond donors (Lipinski definition) is 0. The van der Waals surface area contributed by atoms with Crippen LogP contribution >= 0.6 is 0 Å². The quantitative estimate of drug-likeness (QED) is 0.136. The fraction of sp³-hybridized carbons (Fsp3) is 0.111. The lowest BCUT2D eigenvalue weighted by molar-refractivity contribution is 0.680. The van der Waals surface area contributed by atoms with Gasteiger partial charge in [-0.2, -0.15) is 0 Å². The molecule has 3 aromatic heterocycles. The zero-order valence-electron chi connectivity index (χ0n) is 43.2. The summed E-state index contributed by atoms with van der Waals surface area (Å²) in [7, 11) is 0. The molecule has 364 valence electrons. The number of aromatic nitrogens is 2. The molecule has 0 saturated heterocycles. The SMILES string of the molecule is CC(C)c1ccc(N(C2=C3c4cccc5c6c(-c7ccccc7)c7c(c(-c8ccccc8)c6n(c45)C3CC=C2)c2cccc3c4c(N(c5ccccc5)c5ccc(C(C)C)cc5)cccc4n7c32)c2ccccc2)cc1. The van der Waals surface area contributed by atoms with Crippen LogP contribution in [0.1, 0.15) is 68.7 Å². The second kappa shape index (κ2) is 17.2. The van der Waals surface area contributed by atoms with Crippen LogP contribution in [-0.4, -0.2) is 8.97 Å². The van der Waals surface area contributed by atoms with E-state index < -0.39 is 0 Å². The van der Waals surface area contributed by atoms with Crippen LogP contribution < -0.4 is 9.80 Å². The number of benzene rings is 10. The van der Waals surface area contributed by atoms with Gasteiger partial charge in [0.25, 0.3) is 0 Å². The van der Waals surface area contributed by atoms with Gasteiger partial charge in [0.1, 0.15) is 0 Å². The van der Waals surface area contributed by atoms with Crippen molar-refractivity contribution >= 4 is 93.9 Å². The topological polar surface area (TPSA) is 15.8 Å². The molecule has 1 atom stereocenters. The van der Waals surface area contributed by atoms with Gasteiger partial charge in [0.2, 0.25) is 0 Å². The maximum atomic E-state index is 2.77. The molecule has 0 saturated carbocycles. The molecule has 1 aliphatic carbocycles. The summed E-state index contributed by atoms with van der Waals surface area (Å²) in [6.07, 6.45) is 5.70. The van der Waals surface area contributed by atoms with E-state index in [0.29, 0.717) is 11.8 Å². The largest absolute Gasteiger partial charge is 0.331 e. The Balaban J connectivity index is 1.08. The molecule has 1 unspecified atom stereocenters. The highest BCUT2D eigenvalue weighted by Gasteiger charge is 2.39. The Morgan fingerprint density at radius 1 is 0.408 bits per heavy atom. The Hall–Kier alpha value is -9.12. The third-order valence-electron chi connectivity index (χ3n) is 16.6. The summed E-state index contributed by atoms with van der Waals surface area (Å²) in [6, 6.07) is 83.9. The summed E-state index contributed by atoms with van der Waals surface area (Å²) in [6.45, 7) is 9.08. The van der Waals surface area contributed by atoms with Crippen molar-refractivity contribution in [1.29, 1.82) is 0 Å². The fourth-order valence-electron chi connectivity index (χ4n) is 13.3. The van der Waals surface area contributed by atoms with E-state index in [1.807, 2.05) is 0 Å². The summed E-state index contributed by atoms with van der Waals surface area (Å²) in [4.78, 5) is 4.95. The van der Waals surface area contributed by atoms with Gasteiger partial charge in [-0.25, -0.2) is 0 Å². The van der Waals surface area contributed by atoms with Crippen molar-refractivity contribution in [3.8, 4) is 22.3 Å². The maximum Gasteiger partial charge on any atom is 0.0654 e. The minimum atomic E-state index is 0.0563. The van der Waals surface area contributed by atoms with Crippen molar-refractivity contribution in [3.05, 3.63) is 259 Å². The highest BCUT2D eigenvalue weighted by atomic mass is 15.2. The van der Waals surface area contributed by atoms with E-state index in [1.165, 1.54) is 110 Å². The molecule has 0 amide bonds. The van der Waals surface area contributed by atoms with E-state index in [2.05, 4.69) is 283 Å². The Morgan fingerprint density at radius 2 is 0.882 bits per heavy atom. The van der Waals surface area contributed by atoms with Crippen LogP contribution in [0.5, 0.6) is 0 Å². The lowest BCUT2D eigenvalue weighted by Crippen LogP contribution is -2.20. The Bertz CT molecular complexity index is 4450. The fourth-order valence-corrected chi connectivity index (χ4v) is 13.3. The molecule has 0 fully saturated rings. The smallest absolute Gasteiger partial charge is 0.0654 e. The van der Waals surface area contributed by atoms with Crippen molar-refractivity contribution in [2.24, 2.45) is 0 Å². The molecule has 1 aliphatic heterocycles. The van der Waals surface area contributed by atoms with Gasteiger partial charge in [-0.05, 0) is 107 Å². The zero-order valence-corrected chi connectivity index (χ0v) is 43.2. The first-order valence-corrected chi connectivity index (χ1v) is 27.1. The summed E-state index contributed by atoms with van der Waals surface area (Å²) in [5.74, 6) is 0.888. The van der Waals surface area contributed by atoms with Crippen molar-refractivity contribution in [2.45, 2.75) is 52.0 Å². The molecule has 0 N–H and O–H groups in total. The molecule has 0 spiro atoms. The number of anilines is 5. The van der Waals surface area contributed by atoms with Crippen molar-refractivity contribution in [1.82, 2.24) is 8.97 Å². The Morgan fingerprint density at radius 3 is 1.47 bits per heavy atom. The van der Waals surface area contributed by atoms with Gasteiger partial charge in [0.05, 0.1) is 45.0 Å². The van der Waals surface area contributed by atoms with E-state index in [0.717, 1.165) is 34.9 Å². The van der Waals surface area contributed by atoms with E-state index >= 15 is 0 Å². The van der Waals surface area contributed by atoms with E-state index in [-0.39, 0.29) is 6.04 Å². The predicted molar refractivity (Wildman–Crippen MR) is 323 cm³/mol. The minimum Gasteiger partial charge on any atom is -0.331 e. The van der Waals surface area contributed by atoms with Crippen molar-refractivity contribution < 1.29 is 0 Å². The molecule has 4 heterocycles. The van der Waals surface area contributed by atoms with Gasteiger partial charge in [-0.3, -0.25) is 0 Å². The number of para-hydroxylation sites is 4. The van der Waals surface area contributed by atoms with E-state index in [1.54, 1.807) is 0 Å². The van der Waals surface area contributed by atoms with Crippen LogP contribution in [0.2, 0.25) is 0 Å². The lowest BCUT2D eigenvalue weighted by Gasteiger charge is -2.32. The van der Waals surface area contributed by atoms with Crippen molar-refractivity contribution in [3.63, 3.8) is 0 Å². The van der Waals surface area contributed by atoms with Crippen LogP contribution in [0.15, 0.2) is 242 Å². The third-order valence-corrected chi connectivity index (χ3v) is 16.6. The zero-order chi connectivity index (χ0) is 50.8. The number of nitrogens with zero attached hydrogens (tertiary/aromatic N) is 4. The normalized spacial score (nSPS) is 14.3. The molecule has 10 aromatic carbocycles. The highest BCUT2D eigenvalue weighted by molar-refractivity contribution is 6.37. The first-order valence-electron chi connectivity index (χ1n) is 27.1. The van der Waals surface area contributed by atoms with Gasteiger partial charge < -0.3 is 18.8 Å². The van der Waals surface area contributed by atoms with Gasteiger partial charge in [0.15, 0.2) is 0 Å². The molecule has 2 aliphatic rings. The monoisotopic (exact) mass is 976 g/mol. The molecule has 76 heavy (non-hydrogen) atoms. The third kappa shape index (κ3) is 6.43. The van der Waals surface area contributed by atoms with Gasteiger partial charge in [-0.1, -0.05) is 198 Å². The Kier molecular flexibility index (Phi) is 10.1. The van der Waals surface area contributed by atoms with Crippen LogP contribution in [0.25, 0.3) is 87.7 Å². The molecular weight excluding hydrogens is 921 g/mol. The molecule has 0 radical (unpaired) electrons. The average Bonchev–Trinajstić information content (AvgIpc) is 4.41. The first kappa shape index (κ1) is 44.4. The molecule has 4 heteroatoms. The summed E-state index contributed by atoms with van der Waals surface area (Å²) in [5.41, 5.74) is 23.6. The number of hydrogen-bond acceptors (Lipinski definition) is 2. The molecule has 0 bridgehead atoms. The van der Waals surface area contributed by atoms with Crippen LogP contribution in [0.3, 0.4) is 0 Å².